The highest BCUT2D eigenvalue weighted by Gasteiger charge is 2.40. The molecule has 0 spiro atoms. The van der Waals surface area contributed by atoms with Gasteiger partial charge in [0.1, 0.15) is 0 Å². The average Bonchev–Trinajstić information content (AvgIpc) is 3.21. The molecule has 0 aliphatic carbocycles. The van der Waals surface area contributed by atoms with E-state index in [2.05, 4.69) is 10.3 Å². The van der Waals surface area contributed by atoms with Crippen LogP contribution in [0.25, 0.3) is 0 Å². The molecule has 31 heavy (non-hydrogen) atoms. The minimum Gasteiger partial charge on any atom is -0.355 e. The van der Waals surface area contributed by atoms with Gasteiger partial charge in [-0.05, 0) is 17.5 Å². The summed E-state index contributed by atoms with van der Waals surface area (Å²) in [5, 5.41) is 4.79. The largest absolute Gasteiger partial charge is 0.355 e. The van der Waals surface area contributed by atoms with E-state index >= 15 is 0 Å². The maximum atomic E-state index is 13.2. The fraction of sp³-hybridized carbons (Fsp3) is 0.292. The number of hydrogen-bond donors (Lipinski definition) is 2. The molecule has 1 saturated heterocycles. The summed E-state index contributed by atoms with van der Waals surface area (Å²) in [4.78, 5) is 41.9. The van der Waals surface area contributed by atoms with Crippen molar-refractivity contribution >= 4 is 23.2 Å². The van der Waals surface area contributed by atoms with Crippen molar-refractivity contribution < 1.29 is 9.59 Å². The predicted molar refractivity (Wildman–Crippen MR) is 121 cm³/mol. The number of carbonyl (C=O) groups excluding carboxylic acids is 2. The van der Waals surface area contributed by atoms with Crippen LogP contribution in [-0.4, -0.2) is 28.2 Å². The number of hydrogen-bond acceptors (Lipinski definition) is 4. The molecule has 1 aromatic heterocycles. The van der Waals surface area contributed by atoms with E-state index in [0.717, 1.165) is 28.2 Å². The summed E-state index contributed by atoms with van der Waals surface area (Å²) in [6.07, 6.45) is 1.44. The van der Waals surface area contributed by atoms with E-state index in [0.29, 0.717) is 32.4 Å². The Balaban J connectivity index is 1.53. The van der Waals surface area contributed by atoms with Crippen LogP contribution in [0.2, 0.25) is 0 Å². The third-order valence-corrected chi connectivity index (χ3v) is 6.36. The zero-order chi connectivity index (χ0) is 21.6. The molecule has 1 fully saturated rings. The predicted octanol–water partition coefficient (Wildman–Crippen LogP) is 3.28. The first-order valence-corrected chi connectivity index (χ1v) is 11.3. The molecule has 4 rings (SSSR count). The van der Waals surface area contributed by atoms with Crippen LogP contribution < -0.4 is 10.2 Å². The number of thiazole rings is 1. The van der Waals surface area contributed by atoms with Crippen LogP contribution in [0.3, 0.4) is 0 Å². The fourth-order valence-corrected chi connectivity index (χ4v) is 4.76. The van der Waals surface area contributed by atoms with Gasteiger partial charge in [-0.1, -0.05) is 72.0 Å². The van der Waals surface area contributed by atoms with Crippen LogP contribution in [0.4, 0.5) is 0 Å². The zero-order valence-electron chi connectivity index (χ0n) is 17.1. The zero-order valence-corrected chi connectivity index (χ0v) is 17.9. The van der Waals surface area contributed by atoms with Crippen LogP contribution in [0, 0.1) is 5.92 Å². The van der Waals surface area contributed by atoms with Gasteiger partial charge in [-0.3, -0.25) is 14.4 Å². The van der Waals surface area contributed by atoms with Crippen molar-refractivity contribution in [3.05, 3.63) is 92.5 Å². The Kier molecular flexibility index (Phi) is 6.62. The van der Waals surface area contributed by atoms with Crippen LogP contribution >= 0.6 is 11.3 Å². The second kappa shape index (κ2) is 9.75. The van der Waals surface area contributed by atoms with Gasteiger partial charge in [0.15, 0.2) is 0 Å². The van der Waals surface area contributed by atoms with Gasteiger partial charge in [0.2, 0.25) is 11.8 Å². The summed E-state index contributed by atoms with van der Waals surface area (Å²) in [5.74, 6) is -0.320. The monoisotopic (exact) mass is 435 g/mol. The van der Waals surface area contributed by atoms with Crippen LogP contribution in [0.5, 0.6) is 0 Å². The molecule has 2 aromatic carbocycles. The summed E-state index contributed by atoms with van der Waals surface area (Å²) < 4.78 is 0. The van der Waals surface area contributed by atoms with Crippen molar-refractivity contribution in [3.63, 3.8) is 0 Å². The van der Waals surface area contributed by atoms with Gasteiger partial charge in [-0.25, -0.2) is 0 Å². The molecule has 0 unspecified atom stereocenters. The number of aromatic amines is 1. The van der Waals surface area contributed by atoms with Crippen molar-refractivity contribution in [3.8, 4) is 0 Å². The highest BCUT2D eigenvalue weighted by molar-refractivity contribution is 7.07. The topological polar surface area (TPSA) is 82.3 Å². The summed E-state index contributed by atoms with van der Waals surface area (Å²) in [7, 11) is 0. The molecule has 6 nitrogen and oxygen atoms in total. The standard InChI is InChI=1S/C24H25N3O3S/c28-21-12-11-20(23(29)25-14-13-19-16-31-24(30)26-19)22(18-9-5-2-6-10-18)27(21)15-17-7-3-1-4-8-17/h1-10,16,20,22H,11-15H2,(H,25,29)(H,26,30)/t20-,22+/m1/s1. The Morgan fingerprint density at radius 1 is 1.06 bits per heavy atom. The minimum atomic E-state index is -0.328. The third kappa shape index (κ3) is 5.11. The molecule has 2 N–H and O–H groups in total. The van der Waals surface area contributed by atoms with Crippen molar-refractivity contribution in [2.45, 2.75) is 31.8 Å². The number of carbonyl (C=O) groups is 2. The van der Waals surface area contributed by atoms with Crippen LogP contribution in [0.15, 0.2) is 70.8 Å². The molecule has 7 heteroatoms. The number of benzene rings is 2. The Hall–Kier alpha value is -3.19. The molecule has 2 amide bonds. The van der Waals surface area contributed by atoms with Crippen LogP contribution in [0.1, 0.15) is 35.7 Å². The van der Waals surface area contributed by atoms with E-state index in [1.807, 2.05) is 65.6 Å². The Morgan fingerprint density at radius 3 is 2.45 bits per heavy atom. The molecule has 1 aliphatic heterocycles. The molecular weight excluding hydrogens is 410 g/mol. The van der Waals surface area contributed by atoms with Crippen molar-refractivity contribution in [2.75, 3.05) is 6.54 Å². The molecule has 0 bridgehead atoms. The maximum absolute atomic E-state index is 13.2. The van der Waals surface area contributed by atoms with Gasteiger partial charge in [-0.15, -0.1) is 0 Å². The number of nitrogens with one attached hydrogen (secondary N) is 2. The van der Waals surface area contributed by atoms with E-state index in [9.17, 15) is 14.4 Å². The molecule has 3 aromatic rings. The molecular formula is C24H25N3O3S. The first-order chi connectivity index (χ1) is 15.1. The quantitative estimate of drug-likeness (QED) is 0.598. The van der Waals surface area contributed by atoms with E-state index in [1.54, 1.807) is 5.38 Å². The Morgan fingerprint density at radius 2 is 1.77 bits per heavy atom. The van der Waals surface area contributed by atoms with Gasteiger partial charge < -0.3 is 15.2 Å². The SMILES string of the molecule is O=C(NCCc1csc(=O)[nH]1)[C@@H]1CCC(=O)N(Cc2ccccc2)[C@H]1c1ccccc1. The lowest BCUT2D eigenvalue weighted by Gasteiger charge is -2.41. The molecule has 160 valence electrons. The van der Waals surface area contributed by atoms with Gasteiger partial charge in [0, 0.05) is 37.0 Å². The first kappa shape index (κ1) is 21.1. The summed E-state index contributed by atoms with van der Waals surface area (Å²) in [6.45, 7) is 0.912. The first-order valence-electron chi connectivity index (χ1n) is 10.4. The van der Waals surface area contributed by atoms with E-state index in [4.69, 9.17) is 0 Å². The number of nitrogens with zero attached hydrogens (tertiary/aromatic N) is 1. The second-order valence-corrected chi connectivity index (χ2v) is 8.56. The van der Waals surface area contributed by atoms with Crippen molar-refractivity contribution in [2.24, 2.45) is 5.92 Å². The van der Waals surface area contributed by atoms with E-state index < -0.39 is 0 Å². The number of amides is 2. The Bertz CT molecular complexity index is 1080. The molecule has 0 saturated carbocycles. The van der Waals surface area contributed by atoms with E-state index in [1.165, 1.54) is 0 Å². The number of likely N-dealkylation sites (tertiary alicyclic amines) is 1. The number of H-pyrrole nitrogens is 1. The highest BCUT2D eigenvalue weighted by Crippen LogP contribution is 2.37. The lowest BCUT2D eigenvalue weighted by atomic mass is 9.83. The molecule has 2 atom stereocenters. The van der Waals surface area contributed by atoms with Crippen molar-refractivity contribution in [1.29, 1.82) is 0 Å². The summed E-state index contributed by atoms with van der Waals surface area (Å²) in [6, 6.07) is 19.3. The van der Waals surface area contributed by atoms with Gasteiger partial charge in [-0.2, -0.15) is 0 Å². The molecule has 2 heterocycles. The van der Waals surface area contributed by atoms with Gasteiger partial charge in [0.05, 0.1) is 12.0 Å². The van der Waals surface area contributed by atoms with Gasteiger partial charge in [0.25, 0.3) is 0 Å². The van der Waals surface area contributed by atoms with Gasteiger partial charge >= 0.3 is 4.87 Å². The lowest BCUT2D eigenvalue weighted by Crippen LogP contribution is -2.48. The normalized spacial score (nSPS) is 18.7. The average molecular weight is 436 g/mol. The molecule has 0 radical (unpaired) electrons. The minimum absolute atomic E-state index is 0.0583. The smallest absolute Gasteiger partial charge is 0.304 e. The lowest BCUT2D eigenvalue weighted by molar-refractivity contribution is -0.144. The van der Waals surface area contributed by atoms with Crippen LogP contribution in [-0.2, 0) is 22.6 Å². The molecule has 1 aliphatic rings. The third-order valence-electron chi connectivity index (χ3n) is 5.64. The Labute approximate surface area is 184 Å². The number of rotatable bonds is 7. The summed E-state index contributed by atoms with van der Waals surface area (Å²) >= 11 is 1.12. The number of aromatic nitrogens is 1. The maximum Gasteiger partial charge on any atom is 0.304 e. The highest BCUT2D eigenvalue weighted by atomic mass is 32.1. The second-order valence-electron chi connectivity index (χ2n) is 7.72. The summed E-state index contributed by atoms with van der Waals surface area (Å²) in [5.41, 5.74) is 2.83. The fourth-order valence-electron chi connectivity index (χ4n) is 4.14. The van der Waals surface area contributed by atoms with E-state index in [-0.39, 0.29) is 28.6 Å². The number of piperidine rings is 1. The van der Waals surface area contributed by atoms with Crippen molar-refractivity contribution in [1.82, 2.24) is 15.2 Å².